The molecule has 1 N–H and O–H groups in total. The van der Waals surface area contributed by atoms with Crippen LogP contribution in [-0.4, -0.2) is 23.7 Å². The molecule has 0 bridgehead atoms. The number of nitro groups is 1. The van der Waals surface area contributed by atoms with Gasteiger partial charge in [-0.1, -0.05) is 11.6 Å². The molecule has 2 aromatic rings. The Hall–Kier alpha value is -2.45. The Kier molecular flexibility index (Phi) is 5.45. The predicted octanol–water partition coefficient (Wildman–Crippen LogP) is 2.84. The lowest BCUT2D eigenvalue weighted by Gasteiger charge is -2.04. The van der Waals surface area contributed by atoms with Crippen molar-refractivity contribution in [1.29, 1.82) is 0 Å². The van der Waals surface area contributed by atoms with Crippen LogP contribution in [0, 0.1) is 10.1 Å². The summed E-state index contributed by atoms with van der Waals surface area (Å²) in [6.45, 7) is -0.250. The Bertz CT molecular complexity index is 700. The van der Waals surface area contributed by atoms with E-state index >= 15 is 0 Å². The van der Waals surface area contributed by atoms with Crippen molar-refractivity contribution in [2.75, 3.05) is 6.61 Å². The number of carbonyl (C=O) groups excluding carboxylic acids is 1. The number of halogens is 1. The Morgan fingerprint density at radius 3 is 2.68 bits per heavy atom. The van der Waals surface area contributed by atoms with Gasteiger partial charge >= 0.3 is 0 Å². The molecule has 0 aliphatic rings. The number of carbonyl (C=O) groups is 1. The van der Waals surface area contributed by atoms with E-state index in [-0.39, 0.29) is 12.3 Å². The summed E-state index contributed by atoms with van der Waals surface area (Å²) in [4.78, 5) is 22.3. The highest BCUT2D eigenvalue weighted by Crippen LogP contribution is 2.19. The summed E-state index contributed by atoms with van der Waals surface area (Å²) >= 11 is 7.09. The first-order valence-electron chi connectivity index (χ1n) is 5.99. The van der Waals surface area contributed by atoms with Crippen LogP contribution >= 0.6 is 22.9 Å². The number of nitrogens with zero attached hydrogens (tertiary/aromatic N) is 2. The largest absolute Gasteiger partial charge is 0.484 e. The zero-order valence-corrected chi connectivity index (χ0v) is 12.6. The molecule has 0 aliphatic carbocycles. The fraction of sp³-hybridized carbons (Fsp3) is 0.0769. The quantitative estimate of drug-likeness (QED) is 0.497. The van der Waals surface area contributed by atoms with Gasteiger partial charge in [0.2, 0.25) is 0 Å². The third-order valence-electron chi connectivity index (χ3n) is 2.39. The highest BCUT2D eigenvalue weighted by atomic mass is 35.5. The second-order valence-corrected chi connectivity index (χ2v) is 5.72. The molecule has 9 heteroatoms. The third kappa shape index (κ3) is 4.83. The van der Waals surface area contributed by atoms with E-state index in [9.17, 15) is 14.9 Å². The molecule has 7 nitrogen and oxygen atoms in total. The molecule has 0 saturated heterocycles. The van der Waals surface area contributed by atoms with Gasteiger partial charge in [-0.05, 0) is 24.3 Å². The van der Waals surface area contributed by atoms with Gasteiger partial charge in [-0.25, -0.2) is 5.43 Å². The third-order valence-corrected chi connectivity index (χ3v) is 3.56. The molecule has 1 aromatic heterocycles. The Balaban J connectivity index is 1.77. The van der Waals surface area contributed by atoms with Gasteiger partial charge in [0.05, 0.1) is 15.5 Å². The SMILES string of the molecule is O=C(COc1ccc([N+](=O)[O-])cc1)N/N=C\c1ccc(Cl)s1. The monoisotopic (exact) mass is 339 g/mol. The first-order chi connectivity index (χ1) is 10.5. The smallest absolute Gasteiger partial charge is 0.277 e. The molecule has 22 heavy (non-hydrogen) atoms. The summed E-state index contributed by atoms with van der Waals surface area (Å²) in [6.07, 6.45) is 1.47. The summed E-state index contributed by atoms with van der Waals surface area (Å²) < 4.78 is 5.82. The lowest BCUT2D eigenvalue weighted by atomic mass is 10.3. The maximum absolute atomic E-state index is 11.5. The van der Waals surface area contributed by atoms with Crippen LogP contribution in [0.3, 0.4) is 0 Å². The molecule has 0 radical (unpaired) electrons. The molecular formula is C13H10ClN3O4S. The molecule has 1 heterocycles. The van der Waals surface area contributed by atoms with Gasteiger partial charge in [0.15, 0.2) is 6.61 Å². The van der Waals surface area contributed by atoms with Crippen molar-refractivity contribution in [3.8, 4) is 5.75 Å². The Morgan fingerprint density at radius 2 is 2.09 bits per heavy atom. The van der Waals surface area contributed by atoms with Crippen molar-refractivity contribution in [2.45, 2.75) is 0 Å². The number of hydrogen-bond donors (Lipinski definition) is 1. The van der Waals surface area contributed by atoms with E-state index in [1.807, 2.05) is 0 Å². The maximum Gasteiger partial charge on any atom is 0.277 e. The second-order valence-electron chi connectivity index (χ2n) is 3.97. The fourth-order valence-electron chi connectivity index (χ4n) is 1.41. The summed E-state index contributed by atoms with van der Waals surface area (Å²) in [5, 5.41) is 14.3. The Labute approximate surface area is 134 Å². The minimum atomic E-state index is -0.512. The number of amides is 1. The molecule has 1 amide bonds. The molecule has 0 spiro atoms. The number of ether oxygens (including phenoxy) is 1. The van der Waals surface area contributed by atoms with Crippen molar-refractivity contribution in [3.63, 3.8) is 0 Å². The first kappa shape index (κ1) is 15.9. The van der Waals surface area contributed by atoms with Crippen LogP contribution in [-0.2, 0) is 4.79 Å². The van der Waals surface area contributed by atoms with Crippen LogP contribution in [0.15, 0.2) is 41.5 Å². The van der Waals surface area contributed by atoms with Crippen molar-refractivity contribution in [1.82, 2.24) is 5.43 Å². The highest BCUT2D eigenvalue weighted by molar-refractivity contribution is 7.17. The molecule has 2 rings (SSSR count). The van der Waals surface area contributed by atoms with Crippen LogP contribution < -0.4 is 10.2 Å². The van der Waals surface area contributed by atoms with E-state index in [4.69, 9.17) is 16.3 Å². The summed E-state index contributed by atoms with van der Waals surface area (Å²) in [5.41, 5.74) is 2.26. The molecule has 0 unspecified atom stereocenters. The highest BCUT2D eigenvalue weighted by Gasteiger charge is 2.06. The topological polar surface area (TPSA) is 93.8 Å². The van der Waals surface area contributed by atoms with Crippen molar-refractivity contribution in [3.05, 3.63) is 55.7 Å². The summed E-state index contributed by atoms with van der Waals surface area (Å²) in [7, 11) is 0. The van der Waals surface area contributed by atoms with Crippen LogP contribution in [0.1, 0.15) is 4.88 Å². The van der Waals surface area contributed by atoms with Gasteiger partial charge in [0.1, 0.15) is 5.75 Å². The van der Waals surface area contributed by atoms with E-state index in [1.54, 1.807) is 12.1 Å². The average molecular weight is 340 g/mol. The number of nitro benzene ring substituents is 1. The number of nitrogens with one attached hydrogen (secondary N) is 1. The zero-order valence-electron chi connectivity index (χ0n) is 11.1. The molecule has 1 aromatic carbocycles. The lowest BCUT2D eigenvalue weighted by Crippen LogP contribution is -2.24. The number of rotatable bonds is 6. The standard InChI is InChI=1S/C13H10ClN3O4S/c14-12-6-5-11(22-12)7-15-16-13(18)8-21-10-3-1-9(2-4-10)17(19)20/h1-7H,8H2,(H,16,18)/b15-7-. The minimum Gasteiger partial charge on any atom is -0.484 e. The van der Waals surface area contributed by atoms with Crippen LogP contribution in [0.2, 0.25) is 4.34 Å². The van der Waals surface area contributed by atoms with Crippen LogP contribution in [0.25, 0.3) is 0 Å². The van der Waals surface area contributed by atoms with E-state index in [2.05, 4.69) is 10.5 Å². The van der Waals surface area contributed by atoms with Gasteiger partial charge in [-0.3, -0.25) is 14.9 Å². The second kappa shape index (κ2) is 7.53. The molecular weight excluding hydrogens is 330 g/mol. The van der Waals surface area contributed by atoms with Gasteiger partial charge in [0, 0.05) is 17.0 Å². The molecule has 0 aliphatic heterocycles. The summed E-state index contributed by atoms with van der Waals surface area (Å²) in [6, 6.07) is 8.94. The van der Waals surface area contributed by atoms with E-state index in [1.165, 1.54) is 41.8 Å². The Morgan fingerprint density at radius 1 is 1.36 bits per heavy atom. The van der Waals surface area contributed by atoms with Crippen molar-refractivity contribution in [2.24, 2.45) is 5.10 Å². The number of hydrazone groups is 1. The predicted molar refractivity (Wildman–Crippen MR) is 83.7 cm³/mol. The van der Waals surface area contributed by atoms with Crippen molar-refractivity contribution < 1.29 is 14.5 Å². The van der Waals surface area contributed by atoms with Gasteiger partial charge < -0.3 is 4.74 Å². The fourth-order valence-corrected chi connectivity index (χ4v) is 2.34. The number of non-ortho nitro benzene ring substituents is 1. The molecule has 114 valence electrons. The van der Waals surface area contributed by atoms with Gasteiger partial charge in [-0.15, -0.1) is 11.3 Å². The van der Waals surface area contributed by atoms with E-state index in [0.29, 0.717) is 10.1 Å². The van der Waals surface area contributed by atoms with Crippen molar-refractivity contribution >= 4 is 40.7 Å². The van der Waals surface area contributed by atoms with E-state index in [0.717, 1.165) is 4.88 Å². The average Bonchev–Trinajstić information content (AvgIpc) is 2.91. The minimum absolute atomic E-state index is 0.0454. The number of benzene rings is 1. The maximum atomic E-state index is 11.5. The van der Waals surface area contributed by atoms with Crippen LogP contribution in [0.5, 0.6) is 5.75 Å². The first-order valence-corrected chi connectivity index (χ1v) is 7.18. The molecule has 0 atom stereocenters. The lowest BCUT2D eigenvalue weighted by molar-refractivity contribution is -0.384. The normalized spacial score (nSPS) is 10.6. The zero-order chi connectivity index (χ0) is 15.9. The van der Waals surface area contributed by atoms with Gasteiger partial charge in [-0.2, -0.15) is 5.10 Å². The van der Waals surface area contributed by atoms with Crippen LogP contribution in [0.4, 0.5) is 5.69 Å². The number of thiophene rings is 1. The number of hydrogen-bond acceptors (Lipinski definition) is 6. The van der Waals surface area contributed by atoms with E-state index < -0.39 is 10.8 Å². The molecule has 0 saturated carbocycles. The molecule has 0 fully saturated rings. The summed E-state index contributed by atoms with van der Waals surface area (Å²) in [5.74, 6) is -0.0907. The van der Waals surface area contributed by atoms with Gasteiger partial charge in [0.25, 0.3) is 11.6 Å².